The molecule has 16 heavy (non-hydrogen) atoms. The number of ether oxygens (including phenoxy) is 1. The Labute approximate surface area is 101 Å². The third-order valence-electron chi connectivity index (χ3n) is 1.59. The molecular formula is C8H9N5OS2. The van der Waals surface area contributed by atoms with Gasteiger partial charge in [-0.3, -0.25) is 0 Å². The van der Waals surface area contributed by atoms with Crippen LogP contribution in [0.3, 0.4) is 0 Å². The minimum Gasteiger partial charge on any atom is -0.467 e. The van der Waals surface area contributed by atoms with Gasteiger partial charge in [0.25, 0.3) is 0 Å². The summed E-state index contributed by atoms with van der Waals surface area (Å²) in [6, 6.07) is 0.290. The number of aromatic nitrogens is 4. The van der Waals surface area contributed by atoms with E-state index >= 15 is 0 Å². The van der Waals surface area contributed by atoms with E-state index in [9.17, 15) is 0 Å². The van der Waals surface area contributed by atoms with Crippen LogP contribution in [0.2, 0.25) is 0 Å². The summed E-state index contributed by atoms with van der Waals surface area (Å²) >= 11 is 2.91. The zero-order valence-electron chi connectivity index (χ0n) is 8.67. The van der Waals surface area contributed by atoms with Gasteiger partial charge in [0, 0.05) is 18.6 Å². The molecule has 0 amide bonds. The minimum absolute atomic E-state index is 0.290. The molecule has 0 atom stereocenters. The molecule has 0 aliphatic carbocycles. The van der Waals surface area contributed by atoms with Crippen LogP contribution >= 0.6 is 23.1 Å². The highest BCUT2D eigenvalue weighted by Gasteiger charge is 2.08. The molecule has 6 nitrogen and oxygen atoms in total. The summed E-state index contributed by atoms with van der Waals surface area (Å²) in [4.78, 5) is 16.5. The number of nitrogens with one attached hydrogen (secondary N) is 1. The van der Waals surface area contributed by atoms with E-state index in [-0.39, 0.29) is 0 Å². The van der Waals surface area contributed by atoms with Crippen molar-refractivity contribution in [1.29, 1.82) is 0 Å². The number of nitrogens with zero attached hydrogens (tertiary/aromatic N) is 4. The van der Waals surface area contributed by atoms with E-state index in [1.165, 1.54) is 30.2 Å². The van der Waals surface area contributed by atoms with Crippen LogP contribution in [0.5, 0.6) is 6.01 Å². The van der Waals surface area contributed by atoms with E-state index in [0.29, 0.717) is 17.1 Å². The minimum atomic E-state index is 0.290. The lowest BCUT2D eigenvalue weighted by Gasteiger charge is -2.03. The van der Waals surface area contributed by atoms with Crippen molar-refractivity contribution >= 4 is 29.0 Å². The fourth-order valence-electron chi connectivity index (χ4n) is 0.926. The molecule has 0 fully saturated rings. The number of anilines is 1. The lowest BCUT2D eigenvalue weighted by atomic mass is 10.9. The fourth-order valence-corrected chi connectivity index (χ4v) is 2.39. The van der Waals surface area contributed by atoms with Gasteiger partial charge in [0.15, 0.2) is 4.34 Å². The predicted octanol–water partition coefficient (Wildman–Crippen LogP) is 1.53. The van der Waals surface area contributed by atoms with Crippen molar-refractivity contribution < 1.29 is 4.74 Å². The van der Waals surface area contributed by atoms with Crippen LogP contribution in [-0.4, -0.2) is 34.1 Å². The molecule has 0 saturated heterocycles. The topological polar surface area (TPSA) is 72.8 Å². The van der Waals surface area contributed by atoms with Crippen LogP contribution in [0.1, 0.15) is 0 Å². The van der Waals surface area contributed by atoms with Gasteiger partial charge in [-0.05, 0) is 11.8 Å². The van der Waals surface area contributed by atoms with Gasteiger partial charge >= 0.3 is 6.01 Å². The number of hydrogen-bond acceptors (Lipinski definition) is 8. The zero-order valence-corrected chi connectivity index (χ0v) is 10.3. The van der Waals surface area contributed by atoms with Gasteiger partial charge in [0.2, 0.25) is 11.1 Å². The van der Waals surface area contributed by atoms with Gasteiger partial charge in [0.05, 0.1) is 7.11 Å². The SMILES string of the molecule is CNc1nc(OC)nc(Sc2nccs2)n1. The molecule has 0 unspecified atom stereocenters. The van der Waals surface area contributed by atoms with E-state index in [0.717, 1.165) is 4.34 Å². The average molecular weight is 255 g/mol. The quantitative estimate of drug-likeness (QED) is 0.888. The monoisotopic (exact) mass is 255 g/mol. The number of hydrogen-bond donors (Lipinski definition) is 1. The molecule has 84 valence electrons. The van der Waals surface area contributed by atoms with Crippen LogP contribution in [0.15, 0.2) is 21.1 Å². The summed E-state index contributed by atoms with van der Waals surface area (Å²) in [6.07, 6.45) is 1.74. The second kappa shape index (κ2) is 5.08. The first-order chi connectivity index (χ1) is 7.81. The van der Waals surface area contributed by atoms with Crippen molar-refractivity contribution in [3.63, 3.8) is 0 Å². The van der Waals surface area contributed by atoms with Gasteiger partial charge in [-0.15, -0.1) is 11.3 Å². The number of thiazole rings is 1. The highest BCUT2D eigenvalue weighted by molar-refractivity contribution is 8.00. The van der Waals surface area contributed by atoms with Gasteiger partial charge in [0.1, 0.15) is 0 Å². The van der Waals surface area contributed by atoms with Crippen LogP contribution in [0.25, 0.3) is 0 Å². The van der Waals surface area contributed by atoms with Gasteiger partial charge in [-0.2, -0.15) is 15.0 Å². The Morgan fingerprint density at radius 1 is 1.38 bits per heavy atom. The molecule has 0 aliphatic rings. The van der Waals surface area contributed by atoms with Crippen LogP contribution in [0, 0.1) is 0 Å². The third kappa shape index (κ3) is 2.58. The van der Waals surface area contributed by atoms with Crippen molar-refractivity contribution in [2.45, 2.75) is 9.50 Å². The van der Waals surface area contributed by atoms with E-state index in [2.05, 4.69) is 25.3 Å². The molecular weight excluding hydrogens is 246 g/mol. The maximum Gasteiger partial charge on any atom is 0.321 e. The number of methoxy groups -OCH3 is 1. The van der Waals surface area contributed by atoms with Crippen LogP contribution in [-0.2, 0) is 0 Å². The molecule has 0 aromatic carbocycles. The maximum atomic E-state index is 4.98. The predicted molar refractivity (Wildman–Crippen MR) is 62.2 cm³/mol. The molecule has 2 rings (SSSR count). The van der Waals surface area contributed by atoms with Crippen molar-refractivity contribution in [2.24, 2.45) is 0 Å². The molecule has 2 heterocycles. The highest BCUT2D eigenvalue weighted by atomic mass is 32.2. The fraction of sp³-hybridized carbons (Fsp3) is 0.250. The Balaban J connectivity index is 2.26. The van der Waals surface area contributed by atoms with E-state index < -0.39 is 0 Å². The highest BCUT2D eigenvalue weighted by Crippen LogP contribution is 2.27. The summed E-state index contributed by atoms with van der Waals surface area (Å²) in [5, 5.41) is 5.31. The standard InChI is InChI=1S/C8H9N5OS2/c1-9-5-11-6(14-2)13-7(12-5)16-8-10-3-4-15-8/h3-4H,1-2H3,(H,9,11,12,13). The summed E-state index contributed by atoms with van der Waals surface area (Å²) in [5.41, 5.74) is 0. The number of rotatable bonds is 4. The molecule has 0 bridgehead atoms. The lowest BCUT2D eigenvalue weighted by Crippen LogP contribution is -2.02. The molecule has 2 aromatic rings. The molecule has 0 aliphatic heterocycles. The molecule has 8 heteroatoms. The molecule has 2 aromatic heterocycles. The van der Waals surface area contributed by atoms with Crippen molar-refractivity contribution in [1.82, 2.24) is 19.9 Å². The van der Waals surface area contributed by atoms with Crippen molar-refractivity contribution in [3.05, 3.63) is 11.6 Å². The van der Waals surface area contributed by atoms with Crippen molar-refractivity contribution in [3.8, 4) is 6.01 Å². The Morgan fingerprint density at radius 3 is 2.88 bits per heavy atom. The van der Waals surface area contributed by atoms with E-state index in [1.54, 1.807) is 13.2 Å². The smallest absolute Gasteiger partial charge is 0.321 e. The van der Waals surface area contributed by atoms with E-state index in [1.807, 2.05) is 5.38 Å². The zero-order chi connectivity index (χ0) is 11.4. The summed E-state index contributed by atoms with van der Waals surface area (Å²) in [6.45, 7) is 0. The van der Waals surface area contributed by atoms with Gasteiger partial charge in [-0.1, -0.05) is 0 Å². The Morgan fingerprint density at radius 2 is 2.25 bits per heavy atom. The first-order valence-corrected chi connectivity index (χ1v) is 6.06. The average Bonchev–Trinajstić information content (AvgIpc) is 2.81. The van der Waals surface area contributed by atoms with Crippen LogP contribution in [0.4, 0.5) is 5.95 Å². The molecule has 0 saturated carbocycles. The second-order valence-electron chi connectivity index (χ2n) is 2.58. The van der Waals surface area contributed by atoms with E-state index in [4.69, 9.17) is 4.74 Å². The molecule has 0 spiro atoms. The normalized spacial score (nSPS) is 10.1. The third-order valence-corrected chi connectivity index (χ3v) is 3.34. The first-order valence-electron chi connectivity index (χ1n) is 4.37. The van der Waals surface area contributed by atoms with Crippen LogP contribution < -0.4 is 10.1 Å². The maximum absolute atomic E-state index is 4.98. The van der Waals surface area contributed by atoms with Gasteiger partial charge < -0.3 is 10.1 Å². The molecule has 0 radical (unpaired) electrons. The molecule has 1 N–H and O–H groups in total. The first kappa shape index (κ1) is 11.1. The lowest BCUT2D eigenvalue weighted by molar-refractivity contribution is 0.374. The Bertz CT molecular complexity index is 439. The van der Waals surface area contributed by atoms with Crippen molar-refractivity contribution in [2.75, 3.05) is 19.5 Å². The Hall–Kier alpha value is -1.41. The summed E-state index contributed by atoms with van der Waals surface area (Å²) in [7, 11) is 3.26. The van der Waals surface area contributed by atoms with Gasteiger partial charge in [-0.25, -0.2) is 4.98 Å². The second-order valence-corrected chi connectivity index (χ2v) is 4.69. The largest absolute Gasteiger partial charge is 0.467 e. The summed E-state index contributed by atoms with van der Waals surface area (Å²) in [5.74, 6) is 0.478. The summed E-state index contributed by atoms with van der Waals surface area (Å²) < 4.78 is 5.87. The Kier molecular flexibility index (Phi) is 3.52.